The lowest BCUT2D eigenvalue weighted by Crippen LogP contribution is -2.57. The number of piperidine rings is 1. The molecule has 3 nitrogen and oxygen atoms in total. The Hall–Kier alpha value is -1.35. The Balaban J connectivity index is 1.99. The highest BCUT2D eigenvalue weighted by Gasteiger charge is 2.34. The standard InChI is InChI=1S/C17H26N2O/c1-4-14-7-9-15(10-8-14)13(2)19-16(20)17(3)11-5-6-12-18-17/h7-10,13,18H,4-6,11-12H2,1-3H3,(H,19,20). The van der Waals surface area contributed by atoms with Crippen molar-refractivity contribution in [1.29, 1.82) is 0 Å². The number of nitrogens with one attached hydrogen (secondary N) is 2. The van der Waals surface area contributed by atoms with E-state index in [1.54, 1.807) is 0 Å². The van der Waals surface area contributed by atoms with Crippen molar-refractivity contribution in [3.8, 4) is 0 Å². The quantitative estimate of drug-likeness (QED) is 0.886. The van der Waals surface area contributed by atoms with Crippen LogP contribution in [0.3, 0.4) is 0 Å². The molecular weight excluding hydrogens is 248 g/mol. The first-order valence-corrected chi connectivity index (χ1v) is 7.70. The predicted octanol–water partition coefficient (Wildman–Crippen LogP) is 2.96. The van der Waals surface area contributed by atoms with E-state index in [2.05, 4.69) is 41.8 Å². The van der Waals surface area contributed by atoms with Gasteiger partial charge in [0.2, 0.25) is 5.91 Å². The van der Waals surface area contributed by atoms with Gasteiger partial charge in [-0.05, 0) is 57.2 Å². The summed E-state index contributed by atoms with van der Waals surface area (Å²) in [6.07, 6.45) is 4.25. The van der Waals surface area contributed by atoms with Crippen molar-refractivity contribution < 1.29 is 4.79 Å². The third-order valence-corrected chi connectivity index (χ3v) is 4.36. The van der Waals surface area contributed by atoms with Gasteiger partial charge in [-0.25, -0.2) is 0 Å². The second kappa shape index (κ2) is 6.40. The van der Waals surface area contributed by atoms with Crippen molar-refractivity contribution >= 4 is 5.91 Å². The highest BCUT2D eigenvalue weighted by molar-refractivity contribution is 5.86. The van der Waals surface area contributed by atoms with Crippen LogP contribution >= 0.6 is 0 Å². The highest BCUT2D eigenvalue weighted by Crippen LogP contribution is 2.21. The molecule has 2 atom stereocenters. The van der Waals surface area contributed by atoms with E-state index in [1.165, 1.54) is 5.56 Å². The maximum atomic E-state index is 12.5. The molecule has 0 bridgehead atoms. The van der Waals surface area contributed by atoms with Gasteiger partial charge in [0.05, 0.1) is 11.6 Å². The summed E-state index contributed by atoms with van der Waals surface area (Å²) in [7, 11) is 0. The van der Waals surface area contributed by atoms with E-state index in [9.17, 15) is 4.79 Å². The van der Waals surface area contributed by atoms with Crippen LogP contribution in [0.4, 0.5) is 0 Å². The minimum Gasteiger partial charge on any atom is -0.348 e. The summed E-state index contributed by atoms with van der Waals surface area (Å²) in [6, 6.07) is 8.55. The van der Waals surface area contributed by atoms with Crippen molar-refractivity contribution in [2.75, 3.05) is 6.54 Å². The number of rotatable bonds is 4. The fourth-order valence-electron chi connectivity index (χ4n) is 2.73. The Labute approximate surface area is 122 Å². The maximum absolute atomic E-state index is 12.5. The molecule has 0 radical (unpaired) electrons. The van der Waals surface area contributed by atoms with Crippen molar-refractivity contribution in [3.05, 3.63) is 35.4 Å². The summed E-state index contributed by atoms with van der Waals surface area (Å²) >= 11 is 0. The fourth-order valence-corrected chi connectivity index (χ4v) is 2.73. The minimum atomic E-state index is -0.407. The van der Waals surface area contributed by atoms with E-state index in [0.29, 0.717) is 0 Å². The minimum absolute atomic E-state index is 0.0500. The molecule has 2 unspecified atom stereocenters. The van der Waals surface area contributed by atoms with Crippen LogP contribution in [-0.2, 0) is 11.2 Å². The van der Waals surface area contributed by atoms with Crippen molar-refractivity contribution in [3.63, 3.8) is 0 Å². The third-order valence-electron chi connectivity index (χ3n) is 4.36. The Kier molecular flexibility index (Phi) is 4.81. The number of hydrogen-bond acceptors (Lipinski definition) is 2. The van der Waals surface area contributed by atoms with Gasteiger partial charge in [-0.1, -0.05) is 31.2 Å². The number of amides is 1. The molecule has 0 aliphatic carbocycles. The molecule has 0 aromatic heterocycles. The zero-order valence-corrected chi connectivity index (χ0v) is 12.8. The number of carbonyl (C=O) groups excluding carboxylic acids is 1. The molecule has 1 aromatic rings. The van der Waals surface area contributed by atoms with Crippen LogP contribution in [0.1, 0.15) is 57.2 Å². The van der Waals surface area contributed by atoms with Crippen LogP contribution in [0.5, 0.6) is 0 Å². The van der Waals surface area contributed by atoms with Crippen LogP contribution in [0.25, 0.3) is 0 Å². The van der Waals surface area contributed by atoms with E-state index in [-0.39, 0.29) is 11.9 Å². The summed E-state index contributed by atoms with van der Waals surface area (Å²) in [5.74, 6) is 0.115. The third kappa shape index (κ3) is 3.40. The van der Waals surface area contributed by atoms with E-state index >= 15 is 0 Å². The molecule has 3 heteroatoms. The summed E-state index contributed by atoms with van der Waals surface area (Å²) in [5, 5.41) is 6.50. The summed E-state index contributed by atoms with van der Waals surface area (Å²) in [4.78, 5) is 12.5. The first-order chi connectivity index (χ1) is 9.55. The second-order valence-electron chi connectivity index (χ2n) is 6.01. The summed E-state index contributed by atoms with van der Waals surface area (Å²) in [5.41, 5.74) is 2.08. The van der Waals surface area contributed by atoms with E-state index in [4.69, 9.17) is 0 Å². The van der Waals surface area contributed by atoms with Crippen LogP contribution in [-0.4, -0.2) is 18.0 Å². The monoisotopic (exact) mass is 274 g/mol. The van der Waals surface area contributed by atoms with Gasteiger partial charge < -0.3 is 10.6 Å². The maximum Gasteiger partial charge on any atom is 0.240 e. The van der Waals surface area contributed by atoms with Crippen molar-refractivity contribution in [2.24, 2.45) is 0 Å². The van der Waals surface area contributed by atoms with E-state index in [1.807, 2.05) is 13.8 Å². The molecular formula is C17H26N2O. The molecule has 2 rings (SSSR count). The van der Waals surface area contributed by atoms with Crippen LogP contribution < -0.4 is 10.6 Å². The molecule has 1 amide bonds. The van der Waals surface area contributed by atoms with Gasteiger partial charge in [0.25, 0.3) is 0 Å². The lowest BCUT2D eigenvalue weighted by Gasteiger charge is -2.34. The molecule has 2 N–H and O–H groups in total. The molecule has 110 valence electrons. The SMILES string of the molecule is CCc1ccc(C(C)NC(=O)C2(C)CCCCN2)cc1. The zero-order valence-electron chi connectivity index (χ0n) is 12.8. The van der Waals surface area contributed by atoms with Crippen molar-refractivity contribution in [2.45, 2.75) is 58.0 Å². The first kappa shape index (κ1) is 15.0. The molecule has 0 spiro atoms. The Bertz CT molecular complexity index is 447. The van der Waals surface area contributed by atoms with Gasteiger partial charge in [-0.15, -0.1) is 0 Å². The topological polar surface area (TPSA) is 41.1 Å². The first-order valence-electron chi connectivity index (χ1n) is 7.70. The molecule has 1 saturated heterocycles. The van der Waals surface area contributed by atoms with Gasteiger partial charge >= 0.3 is 0 Å². The van der Waals surface area contributed by atoms with Gasteiger partial charge in [-0.3, -0.25) is 4.79 Å². The van der Waals surface area contributed by atoms with Gasteiger partial charge in [0.1, 0.15) is 0 Å². The molecule has 1 aliphatic heterocycles. The molecule has 1 fully saturated rings. The Morgan fingerprint density at radius 2 is 2.05 bits per heavy atom. The molecule has 1 aromatic carbocycles. The van der Waals surface area contributed by atoms with Gasteiger partial charge in [0, 0.05) is 0 Å². The number of benzene rings is 1. The molecule has 1 heterocycles. The summed E-state index contributed by atoms with van der Waals surface area (Å²) in [6.45, 7) is 7.14. The number of carbonyl (C=O) groups is 1. The smallest absolute Gasteiger partial charge is 0.240 e. The van der Waals surface area contributed by atoms with Crippen LogP contribution in [0, 0.1) is 0 Å². The zero-order chi connectivity index (χ0) is 14.6. The number of aryl methyl sites for hydroxylation is 1. The average molecular weight is 274 g/mol. The van der Waals surface area contributed by atoms with Gasteiger partial charge in [0.15, 0.2) is 0 Å². The van der Waals surface area contributed by atoms with Gasteiger partial charge in [-0.2, -0.15) is 0 Å². The van der Waals surface area contributed by atoms with Crippen molar-refractivity contribution in [1.82, 2.24) is 10.6 Å². The molecule has 0 saturated carbocycles. The Morgan fingerprint density at radius 3 is 2.60 bits per heavy atom. The highest BCUT2D eigenvalue weighted by atomic mass is 16.2. The van der Waals surface area contributed by atoms with E-state index in [0.717, 1.165) is 37.8 Å². The average Bonchev–Trinajstić information content (AvgIpc) is 2.48. The fraction of sp³-hybridized carbons (Fsp3) is 0.588. The molecule has 1 aliphatic rings. The van der Waals surface area contributed by atoms with E-state index < -0.39 is 5.54 Å². The summed E-state index contributed by atoms with van der Waals surface area (Å²) < 4.78 is 0. The lowest BCUT2D eigenvalue weighted by molar-refractivity contribution is -0.128. The second-order valence-corrected chi connectivity index (χ2v) is 6.01. The number of hydrogen-bond donors (Lipinski definition) is 2. The molecule has 20 heavy (non-hydrogen) atoms. The normalized spacial score (nSPS) is 24.1. The lowest BCUT2D eigenvalue weighted by atomic mass is 9.89. The predicted molar refractivity (Wildman–Crippen MR) is 82.6 cm³/mol. The van der Waals surface area contributed by atoms with Crippen LogP contribution in [0.2, 0.25) is 0 Å². The Morgan fingerprint density at radius 1 is 1.35 bits per heavy atom. The largest absolute Gasteiger partial charge is 0.348 e. The van der Waals surface area contributed by atoms with Crippen LogP contribution in [0.15, 0.2) is 24.3 Å².